The standard InChI is InChI=1S/C15H22O3/c1-10(14(17)18)7-12-8-11(5-6-13(12)16)9-15(2,3)4/h5-6,8,10,16H,7,9H2,1-4H3,(H,17,18). The first-order valence-corrected chi connectivity index (χ1v) is 6.22. The highest BCUT2D eigenvalue weighted by Crippen LogP contribution is 2.26. The molecule has 0 aliphatic rings. The fourth-order valence-electron chi connectivity index (χ4n) is 1.94. The number of hydrogen-bond acceptors (Lipinski definition) is 2. The minimum atomic E-state index is -0.837. The lowest BCUT2D eigenvalue weighted by Crippen LogP contribution is -2.13. The third kappa shape index (κ3) is 4.40. The van der Waals surface area contributed by atoms with Gasteiger partial charge in [0.05, 0.1) is 5.92 Å². The van der Waals surface area contributed by atoms with Crippen molar-refractivity contribution in [1.82, 2.24) is 0 Å². The molecule has 3 heteroatoms. The number of hydrogen-bond donors (Lipinski definition) is 2. The molecular weight excluding hydrogens is 228 g/mol. The van der Waals surface area contributed by atoms with Gasteiger partial charge in [0.1, 0.15) is 5.75 Å². The van der Waals surface area contributed by atoms with Crippen LogP contribution in [0.15, 0.2) is 18.2 Å². The van der Waals surface area contributed by atoms with Gasteiger partial charge in [-0.25, -0.2) is 0 Å². The van der Waals surface area contributed by atoms with Crippen molar-refractivity contribution in [1.29, 1.82) is 0 Å². The van der Waals surface area contributed by atoms with Gasteiger partial charge in [-0.1, -0.05) is 39.8 Å². The van der Waals surface area contributed by atoms with Crippen LogP contribution in [0.3, 0.4) is 0 Å². The topological polar surface area (TPSA) is 57.5 Å². The molecule has 100 valence electrons. The summed E-state index contributed by atoms with van der Waals surface area (Å²) in [6.45, 7) is 8.11. The molecule has 0 aliphatic carbocycles. The summed E-state index contributed by atoms with van der Waals surface area (Å²) in [7, 11) is 0. The van der Waals surface area contributed by atoms with E-state index in [1.807, 2.05) is 12.1 Å². The van der Waals surface area contributed by atoms with E-state index in [0.717, 1.165) is 12.0 Å². The molecule has 0 aromatic heterocycles. The zero-order valence-electron chi connectivity index (χ0n) is 11.5. The second-order valence-corrected chi connectivity index (χ2v) is 6.14. The van der Waals surface area contributed by atoms with Gasteiger partial charge in [0.2, 0.25) is 0 Å². The van der Waals surface area contributed by atoms with Gasteiger partial charge in [-0.15, -0.1) is 0 Å². The van der Waals surface area contributed by atoms with Gasteiger partial charge in [-0.05, 0) is 35.4 Å². The predicted molar refractivity (Wildman–Crippen MR) is 71.8 cm³/mol. The van der Waals surface area contributed by atoms with Crippen molar-refractivity contribution in [2.75, 3.05) is 0 Å². The summed E-state index contributed by atoms with van der Waals surface area (Å²) in [5.41, 5.74) is 2.02. The number of aliphatic carboxylic acids is 1. The maximum Gasteiger partial charge on any atom is 0.306 e. The summed E-state index contributed by atoms with van der Waals surface area (Å²) in [6, 6.07) is 5.47. The first-order valence-electron chi connectivity index (χ1n) is 6.22. The Morgan fingerprint density at radius 2 is 1.94 bits per heavy atom. The highest BCUT2D eigenvalue weighted by atomic mass is 16.4. The summed E-state index contributed by atoms with van der Waals surface area (Å²) < 4.78 is 0. The maximum absolute atomic E-state index is 10.8. The molecule has 18 heavy (non-hydrogen) atoms. The summed E-state index contributed by atoms with van der Waals surface area (Å²) >= 11 is 0. The Balaban J connectivity index is 2.91. The van der Waals surface area contributed by atoms with Crippen molar-refractivity contribution >= 4 is 5.97 Å². The van der Waals surface area contributed by atoms with Crippen molar-refractivity contribution in [2.24, 2.45) is 11.3 Å². The summed E-state index contributed by atoms with van der Waals surface area (Å²) in [5, 5.41) is 18.7. The second-order valence-electron chi connectivity index (χ2n) is 6.14. The van der Waals surface area contributed by atoms with E-state index >= 15 is 0 Å². The van der Waals surface area contributed by atoms with E-state index in [2.05, 4.69) is 20.8 Å². The predicted octanol–water partition coefficient (Wildman–Crippen LogP) is 3.24. The third-order valence-electron chi connectivity index (χ3n) is 2.83. The molecule has 0 fully saturated rings. The number of rotatable bonds is 4. The molecule has 0 aliphatic heterocycles. The van der Waals surface area contributed by atoms with E-state index in [-0.39, 0.29) is 11.2 Å². The van der Waals surface area contributed by atoms with Crippen LogP contribution in [-0.4, -0.2) is 16.2 Å². The minimum absolute atomic E-state index is 0.173. The van der Waals surface area contributed by atoms with Crippen LogP contribution in [0.5, 0.6) is 5.75 Å². The van der Waals surface area contributed by atoms with Crippen LogP contribution in [0, 0.1) is 11.3 Å². The Morgan fingerprint density at radius 3 is 2.44 bits per heavy atom. The van der Waals surface area contributed by atoms with Gasteiger partial charge in [0, 0.05) is 0 Å². The number of aromatic hydroxyl groups is 1. The van der Waals surface area contributed by atoms with Crippen LogP contribution in [0.4, 0.5) is 0 Å². The number of phenolic OH excluding ortho intramolecular Hbond substituents is 1. The van der Waals surface area contributed by atoms with Crippen LogP contribution in [0.25, 0.3) is 0 Å². The van der Waals surface area contributed by atoms with E-state index in [4.69, 9.17) is 5.11 Å². The number of carbonyl (C=O) groups is 1. The van der Waals surface area contributed by atoms with Crippen LogP contribution < -0.4 is 0 Å². The van der Waals surface area contributed by atoms with Crippen LogP contribution in [-0.2, 0) is 17.6 Å². The van der Waals surface area contributed by atoms with Gasteiger partial charge in [0.25, 0.3) is 0 Å². The molecule has 1 rings (SSSR count). The summed E-state index contributed by atoms with van der Waals surface area (Å²) in [5.74, 6) is -1.14. The van der Waals surface area contributed by atoms with E-state index in [0.29, 0.717) is 12.0 Å². The van der Waals surface area contributed by atoms with Gasteiger partial charge in [-0.3, -0.25) is 4.79 Å². The van der Waals surface area contributed by atoms with Gasteiger partial charge >= 0.3 is 5.97 Å². The molecular formula is C15H22O3. The van der Waals surface area contributed by atoms with Crippen LogP contribution >= 0.6 is 0 Å². The van der Waals surface area contributed by atoms with Crippen molar-refractivity contribution in [3.8, 4) is 5.75 Å². The number of benzene rings is 1. The van der Waals surface area contributed by atoms with Crippen LogP contribution in [0.2, 0.25) is 0 Å². The molecule has 0 spiro atoms. The van der Waals surface area contributed by atoms with E-state index in [1.54, 1.807) is 13.0 Å². The Kier molecular flexibility index (Phi) is 4.38. The Bertz CT molecular complexity index is 430. The molecule has 0 bridgehead atoms. The number of carboxylic acid groups (broad SMARTS) is 1. The third-order valence-corrected chi connectivity index (χ3v) is 2.83. The van der Waals surface area contributed by atoms with E-state index in [1.165, 1.54) is 0 Å². The van der Waals surface area contributed by atoms with E-state index in [9.17, 15) is 9.90 Å². The molecule has 0 saturated heterocycles. The maximum atomic E-state index is 10.8. The first-order chi connectivity index (χ1) is 8.19. The molecule has 0 radical (unpaired) electrons. The number of carboxylic acids is 1. The van der Waals surface area contributed by atoms with E-state index < -0.39 is 11.9 Å². The summed E-state index contributed by atoms with van der Waals surface area (Å²) in [4.78, 5) is 10.8. The molecule has 0 heterocycles. The highest BCUT2D eigenvalue weighted by Gasteiger charge is 2.16. The zero-order chi connectivity index (χ0) is 13.9. The quantitative estimate of drug-likeness (QED) is 0.862. The smallest absolute Gasteiger partial charge is 0.306 e. The average Bonchev–Trinajstić information content (AvgIpc) is 2.20. The lowest BCUT2D eigenvalue weighted by Gasteiger charge is -2.19. The van der Waals surface area contributed by atoms with Crippen molar-refractivity contribution in [2.45, 2.75) is 40.5 Å². The second kappa shape index (κ2) is 5.42. The lowest BCUT2D eigenvalue weighted by atomic mass is 9.87. The fourth-order valence-corrected chi connectivity index (χ4v) is 1.94. The normalized spacial score (nSPS) is 13.3. The lowest BCUT2D eigenvalue weighted by molar-refractivity contribution is -0.141. The van der Waals surface area contributed by atoms with Gasteiger partial charge in [-0.2, -0.15) is 0 Å². The first kappa shape index (κ1) is 14.6. The molecule has 2 N–H and O–H groups in total. The Morgan fingerprint density at radius 1 is 1.33 bits per heavy atom. The Labute approximate surface area is 108 Å². The van der Waals surface area contributed by atoms with Crippen molar-refractivity contribution in [3.05, 3.63) is 29.3 Å². The molecule has 3 nitrogen and oxygen atoms in total. The van der Waals surface area contributed by atoms with Gasteiger partial charge in [0.15, 0.2) is 0 Å². The number of phenols is 1. The Hall–Kier alpha value is -1.51. The zero-order valence-corrected chi connectivity index (χ0v) is 11.5. The molecule has 1 aromatic rings. The monoisotopic (exact) mass is 250 g/mol. The van der Waals surface area contributed by atoms with Gasteiger partial charge < -0.3 is 10.2 Å². The fraction of sp³-hybridized carbons (Fsp3) is 0.533. The average molecular weight is 250 g/mol. The molecule has 0 saturated carbocycles. The largest absolute Gasteiger partial charge is 0.508 e. The molecule has 0 amide bonds. The molecule has 1 aromatic carbocycles. The van der Waals surface area contributed by atoms with Crippen LogP contribution in [0.1, 0.15) is 38.8 Å². The molecule has 1 atom stereocenters. The van der Waals surface area contributed by atoms with Crippen molar-refractivity contribution in [3.63, 3.8) is 0 Å². The minimum Gasteiger partial charge on any atom is -0.508 e. The van der Waals surface area contributed by atoms with Crippen molar-refractivity contribution < 1.29 is 15.0 Å². The summed E-state index contributed by atoms with van der Waals surface area (Å²) in [6.07, 6.45) is 1.26. The molecule has 1 unspecified atom stereocenters. The highest BCUT2D eigenvalue weighted by molar-refractivity contribution is 5.70. The SMILES string of the molecule is CC(Cc1cc(CC(C)(C)C)ccc1O)C(=O)O.